The summed E-state index contributed by atoms with van der Waals surface area (Å²) < 4.78 is 1.15. The van der Waals surface area contributed by atoms with Crippen LogP contribution in [0, 0.1) is 0 Å². The number of anilines is 2. The molecule has 0 spiro atoms. The van der Waals surface area contributed by atoms with Gasteiger partial charge in [-0.05, 0) is 13.8 Å². The SMILES string of the molecule is CN(c1c(N)n(C)c(=O)[nH]c1=O)C(C)(C)CO. The largest absolute Gasteiger partial charge is 0.394 e. The summed E-state index contributed by atoms with van der Waals surface area (Å²) in [5.74, 6) is 0.0720. The summed E-state index contributed by atoms with van der Waals surface area (Å²) in [6.07, 6.45) is 0. The van der Waals surface area contributed by atoms with E-state index in [2.05, 4.69) is 4.98 Å². The van der Waals surface area contributed by atoms with E-state index in [9.17, 15) is 14.7 Å². The summed E-state index contributed by atoms with van der Waals surface area (Å²) in [6.45, 7) is 3.37. The maximum Gasteiger partial charge on any atom is 0.329 e. The third kappa shape index (κ3) is 2.19. The van der Waals surface area contributed by atoms with Crippen LogP contribution in [0.25, 0.3) is 0 Å². The number of hydrogen-bond acceptors (Lipinski definition) is 5. The van der Waals surface area contributed by atoms with E-state index in [0.29, 0.717) is 0 Å². The van der Waals surface area contributed by atoms with Crippen LogP contribution in [-0.4, -0.2) is 33.9 Å². The molecule has 0 atom stereocenters. The van der Waals surface area contributed by atoms with Crippen LogP contribution in [0.2, 0.25) is 0 Å². The third-order valence-corrected chi connectivity index (χ3v) is 2.97. The van der Waals surface area contributed by atoms with E-state index >= 15 is 0 Å². The first-order valence-corrected chi connectivity index (χ1v) is 5.16. The summed E-state index contributed by atoms with van der Waals surface area (Å²) in [5, 5.41) is 9.27. The monoisotopic (exact) mass is 242 g/mol. The average molecular weight is 242 g/mol. The number of hydrogen-bond donors (Lipinski definition) is 3. The van der Waals surface area contributed by atoms with Crippen LogP contribution in [-0.2, 0) is 7.05 Å². The normalized spacial score (nSPS) is 11.6. The Morgan fingerprint density at radius 3 is 2.47 bits per heavy atom. The van der Waals surface area contributed by atoms with Crippen LogP contribution < -0.4 is 21.9 Å². The van der Waals surface area contributed by atoms with Crippen molar-refractivity contribution in [3.8, 4) is 0 Å². The van der Waals surface area contributed by atoms with Gasteiger partial charge in [0.1, 0.15) is 11.5 Å². The van der Waals surface area contributed by atoms with Gasteiger partial charge in [-0.25, -0.2) is 4.79 Å². The Bertz CT molecular complexity index is 529. The second kappa shape index (κ2) is 4.25. The molecule has 0 saturated heterocycles. The zero-order valence-corrected chi connectivity index (χ0v) is 10.4. The molecule has 1 aromatic heterocycles. The number of nitrogens with zero attached hydrogens (tertiary/aromatic N) is 2. The minimum atomic E-state index is -0.654. The van der Waals surface area contributed by atoms with Crippen LogP contribution in [0.5, 0.6) is 0 Å². The van der Waals surface area contributed by atoms with Gasteiger partial charge in [0.15, 0.2) is 0 Å². The first-order valence-electron chi connectivity index (χ1n) is 5.16. The van der Waals surface area contributed by atoms with Gasteiger partial charge in [0.05, 0.1) is 12.1 Å². The van der Waals surface area contributed by atoms with Crippen molar-refractivity contribution in [2.24, 2.45) is 7.05 Å². The molecule has 1 heterocycles. The highest BCUT2D eigenvalue weighted by atomic mass is 16.3. The molecule has 0 aliphatic heterocycles. The smallest absolute Gasteiger partial charge is 0.329 e. The zero-order valence-electron chi connectivity index (χ0n) is 10.4. The molecular formula is C10H18N4O3. The molecule has 0 aliphatic carbocycles. The van der Waals surface area contributed by atoms with E-state index in [1.807, 2.05) is 0 Å². The number of aliphatic hydroxyl groups excluding tert-OH is 1. The van der Waals surface area contributed by atoms with Crippen molar-refractivity contribution in [2.75, 3.05) is 24.3 Å². The predicted molar refractivity (Wildman–Crippen MR) is 66.3 cm³/mol. The first kappa shape index (κ1) is 13.3. The van der Waals surface area contributed by atoms with Crippen molar-refractivity contribution in [3.63, 3.8) is 0 Å². The molecule has 0 unspecified atom stereocenters. The van der Waals surface area contributed by atoms with Gasteiger partial charge in [-0.1, -0.05) is 0 Å². The van der Waals surface area contributed by atoms with Gasteiger partial charge < -0.3 is 15.7 Å². The minimum Gasteiger partial charge on any atom is -0.394 e. The molecule has 0 aliphatic rings. The molecule has 96 valence electrons. The maximum atomic E-state index is 11.7. The molecule has 4 N–H and O–H groups in total. The fraction of sp³-hybridized carbons (Fsp3) is 0.600. The quantitative estimate of drug-likeness (QED) is 0.621. The second-order valence-electron chi connectivity index (χ2n) is 4.58. The Hall–Kier alpha value is -1.76. The molecule has 7 nitrogen and oxygen atoms in total. The van der Waals surface area contributed by atoms with Gasteiger partial charge in [-0.15, -0.1) is 0 Å². The molecule has 0 amide bonds. The van der Waals surface area contributed by atoms with Gasteiger partial charge in [0.25, 0.3) is 5.56 Å². The van der Waals surface area contributed by atoms with Crippen LogP contribution in [0.4, 0.5) is 11.5 Å². The van der Waals surface area contributed by atoms with Gasteiger partial charge in [0, 0.05) is 14.1 Å². The molecule has 0 saturated carbocycles. The highest BCUT2D eigenvalue weighted by Crippen LogP contribution is 2.22. The number of H-pyrrole nitrogens is 1. The fourth-order valence-electron chi connectivity index (χ4n) is 1.36. The lowest BCUT2D eigenvalue weighted by atomic mass is 10.0. The Balaban J connectivity index is 3.48. The van der Waals surface area contributed by atoms with Gasteiger partial charge in [-0.3, -0.25) is 14.3 Å². The van der Waals surface area contributed by atoms with Gasteiger partial charge in [0.2, 0.25) is 0 Å². The molecule has 1 aromatic rings. The Labute approximate surface area is 98.5 Å². The first-order chi connectivity index (χ1) is 7.72. The van der Waals surface area contributed by atoms with Crippen LogP contribution in [0.3, 0.4) is 0 Å². The second-order valence-corrected chi connectivity index (χ2v) is 4.58. The van der Waals surface area contributed by atoms with Crippen molar-refractivity contribution in [3.05, 3.63) is 20.8 Å². The van der Waals surface area contributed by atoms with Crippen molar-refractivity contribution >= 4 is 11.5 Å². The van der Waals surface area contributed by atoms with Gasteiger partial charge >= 0.3 is 5.69 Å². The van der Waals surface area contributed by atoms with Crippen LogP contribution >= 0.6 is 0 Å². The number of nitrogens with two attached hydrogens (primary N) is 1. The molecule has 0 fully saturated rings. The summed E-state index contributed by atoms with van der Waals surface area (Å²) in [5.41, 5.74) is 4.15. The van der Waals surface area contributed by atoms with E-state index in [1.54, 1.807) is 25.8 Å². The lowest BCUT2D eigenvalue weighted by molar-refractivity contribution is 0.216. The molecule has 17 heavy (non-hydrogen) atoms. The number of likely N-dealkylation sites (N-methyl/N-ethyl adjacent to an activating group) is 1. The number of aliphatic hydroxyl groups is 1. The summed E-state index contributed by atoms with van der Waals surface area (Å²) in [6, 6.07) is 0. The van der Waals surface area contributed by atoms with E-state index in [0.717, 1.165) is 4.57 Å². The summed E-state index contributed by atoms with van der Waals surface area (Å²) in [7, 11) is 3.11. The fourth-order valence-corrected chi connectivity index (χ4v) is 1.36. The molecule has 1 rings (SSSR count). The summed E-state index contributed by atoms with van der Waals surface area (Å²) in [4.78, 5) is 26.8. The number of nitrogen functional groups attached to an aromatic ring is 1. The lowest BCUT2D eigenvalue weighted by Crippen LogP contribution is -2.48. The Morgan fingerprint density at radius 1 is 1.47 bits per heavy atom. The van der Waals surface area contributed by atoms with E-state index in [1.165, 1.54) is 7.05 Å². The summed E-state index contributed by atoms with van der Waals surface area (Å²) >= 11 is 0. The van der Waals surface area contributed by atoms with Crippen LogP contribution in [0.1, 0.15) is 13.8 Å². The van der Waals surface area contributed by atoms with Crippen molar-refractivity contribution in [2.45, 2.75) is 19.4 Å². The van der Waals surface area contributed by atoms with Crippen LogP contribution in [0.15, 0.2) is 9.59 Å². The van der Waals surface area contributed by atoms with Crippen molar-refractivity contribution in [1.29, 1.82) is 0 Å². The highest BCUT2D eigenvalue weighted by molar-refractivity contribution is 5.63. The van der Waals surface area contributed by atoms with Gasteiger partial charge in [-0.2, -0.15) is 0 Å². The third-order valence-electron chi connectivity index (χ3n) is 2.97. The van der Waals surface area contributed by atoms with E-state index in [4.69, 9.17) is 5.73 Å². The maximum absolute atomic E-state index is 11.7. The number of rotatable bonds is 3. The van der Waals surface area contributed by atoms with E-state index in [-0.39, 0.29) is 18.1 Å². The van der Waals surface area contributed by atoms with Crippen molar-refractivity contribution < 1.29 is 5.11 Å². The number of nitrogens with one attached hydrogen (secondary N) is 1. The molecule has 0 radical (unpaired) electrons. The van der Waals surface area contributed by atoms with Crippen molar-refractivity contribution in [1.82, 2.24) is 9.55 Å². The van der Waals surface area contributed by atoms with E-state index < -0.39 is 16.8 Å². The Kier molecular flexibility index (Phi) is 3.33. The molecule has 0 bridgehead atoms. The number of aromatic nitrogens is 2. The lowest BCUT2D eigenvalue weighted by Gasteiger charge is -2.35. The molecular weight excluding hydrogens is 224 g/mol. The predicted octanol–water partition coefficient (Wildman–Crippen LogP) is -1.14. The molecule has 7 heteroatoms. The molecule has 0 aromatic carbocycles. The highest BCUT2D eigenvalue weighted by Gasteiger charge is 2.27. The Morgan fingerprint density at radius 2 is 2.00 bits per heavy atom. The minimum absolute atomic E-state index is 0.0720. The standard InChI is InChI=1S/C10H18N4O3/c1-10(2,5-15)14(4)6-7(11)13(3)9(17)12-8(6)16/h15H,5,11H2,1-4H3,(H,12,16,17). The number of aromatic amines is 1. The average Bonchev–Trinajstić information content (AvgIpc) is 2.26. The topological polar surface area (TPSA) is 104 Å². The zero-order chi connectivity index (χ0) is 13.4.